The quantitative estimate of drug-likeness (QED) is 0.569. The Balaban J connectivity index is 1.62. The van der Waals surface area contributed by atoms with Crippen molar-refractivity contribution in [3.8, 4) is 0 Å². The monoisotopic (exact) mass is 376 g/mol. The van der Waals surface area contributed by atoms with Crippen molar-refractivity contribution < 1.29 is 9.53 Å². The van der Waals surface area contributed by atoms with Crippen LogP contribution >= 0.6 is 0 Å². The lowest BCUT2D eigenvalue weighted by Gasteiger charge is -2.10. The third-order valence-corrected chi connectivity index (χ3v) is 4.06. The molecule has 0 aliphatic carbocycles. The Morgan fingerprint density at radius 3 is 2.50 bits per heavy atom. The maximum atomic E-state index is 11.7. The summed E-state index contributed by atoms with van der Waals surface area (Å²) in [5, 5.41) is 6.52. The normalized spacial score (nSPS) is 10.4. The van der Waals surface area contributed by atoms with Crippen LogP contribution in [0, 0.1) is 6.92 Å². The number of hydrogen-bond acceptors (Lipinski definition) is 6. The lowest BCUT2D eigenvalue weighted by Crippen LogP contribution is -2.09. The first-order valence-electron chi connectivity index (χ1n) is 9.31. The molecule has 0 aliphatic heterocycles. The van der Waals surface area contributed by atoms with Crippen molar-refractivity contribution in [1.82, 2.24) is 9.97 Å². The van der Waals surface area contributed by atoms with Crippen LogP contribution in [0.5, 0.6) is 0 Å². The van der Waals surface area contributed by atoms with E-state index in [2.05, 4.69) is 32.7 Å². The number of nitrogens with zero attached hydrogens (tertiary/aromatic N) is 2. The molecule has 2 N–H and O–H groups in total. The summed E-state index contributed by atoms with van der Waals surface area (Å²) in [6, 6.07) is 19.3. The molecular weight excluding hydrogens is 352 g/mol. The first-order valence-corrected chi connectivity index (χ1v) is 9.31. The van der Waals surface area contributed by atoms with Gasteiger partial charge in [-0.05, 0) is 50.1 Å². The lowest BCUT2D eigenvalue weighted by atomic mass is 10.1. The fraction of sp³-hybridized carbons (Fsp3) is 0.227. The van der Waals surface area contributed by atoms with Crippen LogP contribution in [0.15, 0.2) is 60.7 Å². The molecule has 2 aromatic carbocycles. The van der Waals surface area contributed by atoms with Crippen molar-refractivity contribution in [2.75, 3.05) is 23.8 Å². The molecule has 6 heteroatoms. The summed E-state index contributed by atoms with van der Waals surface area (Å²) in [7, 11) is 0. The molecule has 28 heavy (non-hydrogen) atoms. The minimum Gasteiger partial charge on any atom is -0.462 e. The first kappa shape index (κ1) is 19.4. The van der Waals surface area contributed by atoms with E-state index in [-0.39, 0.29) is 5.97 Å². The number of ether oxygens (including phenoxy) is 1. The second kappa shape index (κ2) is 9.50. The highest BCUT2D eigenvalue weighted by Gasteiger charge is 2.07. The van der Waals surface area contributed by atoms with Gasteiger partial charge in [-0.25, -0.2) is 9.78 Å². The number of benzene rings is 2. The molecule has 1 heterocycles. The van der Waals surface area contributed by atoms with Crippen molar-refractivity contribution in [2.45, 2.75) is 20.3 Å². The highest BCUT2D eigenvalue weighted by atomic mass is 16.5. The molecule has 6 nitrogen and oxygen atoms in total. The molecule has 1 aromatic heterocycles. The van der Waals surface area contributed by atoms with Crippen molar-refractivity contribution in [1.29, 1.82) is 0 Å². The molecule has 0 unspecified atom stereocenters. The van der Waals surface area contributed by atoms with E-state index in [1.54, 1.807) is 19.1 Å². The Morgan fingerprint density at radius 1 is 1.04 bits per heavy atom. The number of anilines is 3. The predicted octanol–water partition coefficient (Wildman–Crippen LogP) is 4.36. The number of aromatic nitrogens is 2. The molecule has 3 aromatic rings. The van der Waals surface area contributed by atoms with Gasteiger partial charge in [0.25, 0.3) is 0 Å². The van der Waals surface area contributed by atoms with Gasteiger partial charge in [-0.3, -0.25) is 0 Å². The fourth-order valence-corrected chi connectivity index (χ4v) is 2.73. The van der Waals surface area contributed by atoms with E-state index in [1.807, 2.05) is 43.3 Å². The van der Waals surface area contributed by atoms with Crippen molar-refractivity contribution in [3.63, 3.8) is 0 Å². The smallest absolute Gasteiger partial charge is 0.338 e. The summed E-state index contributed by atoms with van der Waals surface area (Å²) in [5.41, 5.74) is 3.49. The van der Waals surface area contributed by atoms with Gasteiger partial charge in [0.2, 0.25) is 5.95 Å². The summed E-state index contributed by atoms with van der Waals surface area (Å²) in [6.07, 6.45) is 0.899. The molecule has 144 valence electrons. The number of aryl methyl sites for hydroxylation is 1. The second-order valence-electron chi connectivity index (χ2n) is 6.30. The van der Waals surface area contributed by atoms with E-state index in [0.29, 0.717) is 23.9 Å². The molecule has 0 radical (unpaired) electrons. The Morgan fingerprint density at radius 2 is 1.79 bits per heavy atom. The number of hydrogen-bond donors (Lipinski definition) is 2. The number of rotatable bonds is 8. The molecular formula is C22H24N4O2. The average molecular weight is 376 g/mol. The molecule has 0 aliphatic rings. The number of esters is 1. The van der Waals surface area contributed by atoms with Crippen LogP contribution in [0.25, 0.3) is 0 Å². The predicted molar refractivity (Wildman–Crippen MR) is 111 cm³/mol. The van der Waals surface area contributed by atoms with Gasteiger partial charge >= 0.3 is 5.97 Å². The minimum absolute atomic E-state index is 0.322. The molecule has 0 fully saturated rings. The zero-order chi connectivity index (χ0) is 19.8. The van der Waals surface area contributed by atoms with E-state index < -0.39 is 0 Å². The van der Waals surface area contributed by atoms with E-state index >= 15 is 0 Å². The van der Waals surface area contributed by atoms with Crippen LogP contribution in [0.2, 0.25) is 0 Å². The van der Waals surface area contributed by atoms with Gasteiger partial charge in [-0.1, -0.05) is 30.3 Å². The van der Waals surface area contributed by atoms with Crippen molar-refractivity contribution in [2.24, 2.45) is 0 Å². The molecule has 0 saturated carbocycles. The Kier molecular flexibility index (Phi) is 6.57. The Hall–Kier alpha value is -3.41. The standard InChI is InChI=1S/C22H24N4O2/c1-3-28-21(27)18-9-11-19(12-10-18)25-20-15-16(2)24-22(26-20)23-14-13-17-7-5-4-6-8-17/h4-12,15H,3,13-14H2,1-2H3,(H2,23,24,25,26). The summed E-state index contributed by atoms with van der Waals surface area (Å²) < 4.78 is 5.00. The summed E-state index contributed by atoms with van der Waals surface area (Å²) in [5.74, 6) is 0.956. The average Bonchev–Trinajstić information content (AvgIpc) is 2.69. The zero-order valence-electron chi connectivity index (χ0n) is 16.1. The minimum atomic E-state index is -0.322. The molecule has 0 amide bonds. The maximum Gasteiger partial charge on any atom is 0.338 e. The highest BCUT2D eigenvalue weighted by Crippen LogP contribution is 2.18. The van der Waals surface area contributed by atoms with E-state index in [4.69, 9.17) is 4.74 Å². The fourth-order valence-electron chi connectivity index (χ4n) is 2.73. The zero-order valence-corrected chi connectivity index (χ0v) is 16.1. The van der Waals surface area contributed by atoms with Gasteiger partial charge in [0, 0.05) is 24.0 Å². The van der Waals surface area contributed by atoms with Crippen molar-refractivity contribution in [3.05, 3.63) is 77.5 Å². The van der Waals surface area contributed by atoms with E-state index in [0.717, 1.165) is 24.3 Å². The SMILES string of the molecule is CCOC(=O)c1ccc(Nc2cc(C)nc(NCCc3ccccc3)n2)cc1. The molecule has 0 saturated heterocycles. The van der Waals surface area contributed by atoms with Crippen LogP contribution < -0.4 is 10.6 Å². The van der Waals surface area contributed by atoms with Gasteiger partial charge in [-0.2, -0.15) is 4.98 Å². The molecule has 0 spiro atoms. The third-order valence-electron chi connectivity index (χ3n) is 4.06. The first-order chi connectivity index (χ1) is 13.6. The van der Waals surface area contributed by atoms with Crippen LogP contribution in [0.4, 0.5) is 17.5 Å². The summed E-state index contributed by atoms with van der Waals surface area (Å²) >= 11 is 0. The Labute approximate surface area is 165 Å². The maximum absolute atomic E-state index is 11.7. The van der Waals surface area contributed by atoms with Gasteiger partial charge < -0.3 is 15.4 Å². The van der Waals surface area contributed by atoms with Crippen molar-refractivity contribution >= 4 is 23.4 Å². The number of carbonyl (C=O) groups is 1. The molecule has 0 bridgehead atoms. The third kappa shape index (κ3) is 5.54. The molecule has 0 atom stereocenters. The van der Waals surface area contributed by atoms with Gasteiger partial charge in [0.1, 0.15) is 5.82 Å². The van der Waals surface area contributed by atoms with Gasteiger partial charge in [-0.15, -0.1) is 0 Å². The van der Waals surface area contributed by atoms with Crippen LogP contribution in [-0.4, -0.2) is 29.1 Å². The van der Waals surface area contributed by atoms with Crippen LogP contribution in [0.3, 0.4) is 0 Å². The summed E-state index contributed by atoms with van der Waals surface area (Å²) in [6.45, 7) is 4.83. The van der Waals surface area contributed by atoms with Gasteiger partial charge in [0.05, 0.1) is 12.2 Å². The lowest BCUT2D eigenvalue weighted by molar-refractivity contribution is 0.0526. The number of carbonyl (C=O) groups excluding carboxylic acids is 1. The Bertz CT molecular complexity index is 912. The summed E-state index contributed by atoms with van der Waals surface area (Å²) in [4.78, 5) is 20.7. The molecule has 3 rings (SSSR count). The van der Waals surface area contributed by atoms with E-state index in [9.17, 15) is 4.79 Å². The highest BCUT2D eigenvalue weighted by molar-refractivity contribution is 5.89. The van der Waals surface area contributed by atoms with Crippen LogP contribution in [0.1, 0.15) is 28.5 Å². The topological polar surface area (TPSA) is 76.1 Å². The largest absolute Gasteiger partial charge is 0.462 e. The van der Waals surface area contributed by atoms with E-state index in [1.165, 1.54) is 5.56 Å². The number of nitrogens with one attached hydrogen (secondary N) is 2. The van der Waals surface area contributed by atoms with Crippen LogP contribution in [-0.2, 0) is 11.2 Å². The second-order valence-corrected chi connectivity index (χ2v) is 6.30. The van der Waals surface area contributed by atoms with Gasteiger partial charge in [0.15, 0.2) is 0 Å².